The second-order valence-electron chi connectivity index (χ2n) is 3.00. The first kappa shape index (κ1) is 12.9. The van der Waals surface area contributed by atoms with Gasteiger partial charge < -0.3 is 15.8 Å². The molecule has 1 aromatic heterocycles. The van der Waals surface area contributed by atoms with E-state index in [1.54, 1.807) is 6.07 Å². The summed E-state index contributed by atoms with van der Waals surface area (Å²) in [4.78, 5) is 3.94. The number of nitrogen functional groups attached to an aromatic ring is 1. The molecule has 7 heteroatoms. The van der Waals surface area contributed by atoms with Crippen LogP contribution >= 0.6 is 11.6 Å². The lowest BCUT2D eigenvalue weighted by Gasteiger charge is -2.07. The highest BCUT2D eigenvalue weighted by Crippen LogP contribution is 2.15. The fourth-order valence-electron chi connectivity index (χ4n) is 1.03. The molecule has 0 saturated carbocycles. The highest BCUT2D eigenvalue weighted by molar-refractivity contribution is 6.29. The summed E-state index contributed by atoms with van der Waals surface area (Å²) in [6, 6.07) is 3.11. The molecule has 0 aliphatic rings. The van der Waals surface area contributed by atoms with Crippen molar-refractivity contribution < 1.29 is 13.5 Å². The van der Waals surface area contributed by atoms with Crippen molar-refractivity contribution in [2.45, 2.75) is 6.43 Å². The van der Waals surface area contributed by atoms with Crippen molar-refractivity contribution in [2.75, 3.05) is 30.8 Å². The topological polar surface area (TPSA) is 60.2 Å². The third-order valence-corrected chi connectivity index (χ3v) is 1.81. The number of hydrogen-bond acceptors (Lipinski definition) is 4. The Morgan fingerprint density at radius 2 is 2.25 bits per heavy atom. The Hall–Kier alpha value is -1.14. The minimum absolute atomic E-state index is 0.165. The second-order valence-corrected chi connectivity index (χ2v) is 3.39. The van der Waals surface area contributed by atoms with Crippen LogP contribution in [0.2, 0.25) is 5.15 Å². The van der Waals surface area contributed by atoms with E-state index < -0.39 is 13.0 Å². The molecule has 1 aromatic rings. The minimum atomic E-state index is -2.44. The van der Waals surface area contributed by atoms with Gasteiger partial charge in [0.15, 0.2) is 0 Å². The first-order chi connectivity index (χ1) is 7.58. The Kier molecular flexibility index (Phi) is 5.21. The number of anilines is 2. The number of nitrogens with one attached hydrogen (secondary N) is 1. The molecular weight excluding hydrogens is 240 g/mol. The van der Waals surface area contributed by atoms with Crippen molar-refractivity contribution in [3.05, 3.63) is 17.3 Å². The largest absolute Gasteiger partial charge is 0.399 e. The van der Waals surface area contributed by atoms with Crippen LogP contribution in [0.1, 0.15) is 0 Å². The molecule has 0 aliphatic carbocycles. The summed E-state index contributed by atoms with van der Waals surface area (Å²) in [7, 11) is 0. The summed E-state index contributed by atoms with van der Waals surface area (Å²) in [5, 5.41) is 3.13. The maximum Gasteiger partial charge on any atom is 0.261 e. The maximum absolute atomic E-state index is 11.7. The van der Waals surface area contributed by atoms with E-state index in [9.17, 15) is 8.78 Å². The van der Waals surface area contributed by atoms with E-state index in [2.05, 4.69) is 15.0 Å². The number of hydrogen-bond donors (Lipinski definition) is 2. The molecule has 0 saturated heterocycles. The molecule has 16 heavy (non-hydrogen) atoms. The molecule has 1 rings (SSSR count). The highest BCUT2D eigenvalue weighted by Gasteiger charge is 2.01. The molecule has 0 unspecified atom stereocenters. The van der Waals surface area contributed by atoms with Crippen molar-refractivity contribution in [1.82, 2.24) is 4.98 Å². The molecule has 90 valence electrons. The predicted molar refractivity (Wildman–Crippen MR) is 59.0 cm³/mol. The average molecular weight is 252 g/mol. The number of alkyl halides is 2. The Morgan fingerprint density at radius 3 is 2.88 bits per heavy atom. The Bertz CT molecular complexity index is 318. The van der Waals surface area contributed by atoms with Gasteiger partial charge in [-0.25, -0.2) is 13.8 Å². The highest BCUT2D eigenvalue weighted by atomic mass is 35.5. The Balaban J connectivity index is 2.26. The zero-order valence-corrected chi connectivity index (χ0v) is 9.18. The van der Waals surface area contributed by atoms with Gasteiger partial charge in [0.2, 0.25) is 0 Å². The van der Waals surface area contributed by atoms with Gasteiger partial charge in [-0.1, -0.05) is 11.6 Å². The first-order valence-electron chi connectivity index (χ1n) is 4.61. The fourth-order valence-corrected chi connectivity index (χ4v) is 1.25. The van der Waals surface area contributed by atoms with Gasteiger partial charge in [0.05, 0.1) is 6.61 Å². The number of rotatable bonds is 6. The molecule has 4 nitrogen and oxygen atoms in total. The van der Waals surface area contributed by atoms with Gasteiger partial charge >= 0.3 is 0 Å². The lowest BCUT2D eigenvalue weighted by molar-refractivity contribution is 0.0215. The van der Waals surface area contributed by atoms with Crippen LogP contribution in [-0.4, -0.2) is 31.2 Å². The Morgan fingerprint density at radius 1 is 1.50 bits per heavy atom. The van der Waals surface area contributed by atoms with E-state index in [1.165, 1.54) is 6.07 Å². The molecule has 0 bridgehead atoms. The lowest BCUT2D eigenvalue weighted by Crippen LogP contribution is -2.13. The fraction of sp³-hybridized carbons (Fsp3) is 0.444. The summed E-state index contributed by atoms with van der Waals surface area (Å²) in [5.41, 5.74) is 6.02. The van der Waals surface area contributed by atoms with Crippen LogP contribution < -0.4 is 11.1 Å². The smallest absolute Gasteiger partial charge is 0.261 e. The van der Waals surface area contributed by atoms with Gasteiger partial charge in [-0.15, -0.1) is 0 Å². The van der Waals surface area contributed by atoms with E-state index in [-0.39, 0.29) is 11.8 Å². The van der Waals surface area contributed by atoms with E-state index in [0.717, 1.165) is 0 Å². The summed E-state index contributed by atoms with van der Waals surface area (Å²) in [6.07, 6.45) is -2.44. The first-order valence-corrected chi connectivity index (χ1v) is 4.98. The quantitative estimate of drug-likeness (QED) is 0.600. The number of halogens is 3. The van der Waals surface area contributed by atoms with Crippen molar-refractivity contribution in [3.8, 4) is 0 Å². The van der Waals surface area contributed by atoms with Crippen LogP contribution in [0.3, 0.4) is 0 Å². The van der Waals surface area contributed by atoms with Crippen molar-refractivity contribution >= 4 is 23.1 Å². The van der Waals surface area contributed by atoms with Gasteiger partial charge in [0.1, 0.15) is 17.6 Å². The standard InChI is InChI=1S/C9H12ClF2N3O/c10-7-3-6(13)4-9(15-7)14-1-2-16-5-8(11)12/h3-4,8H,1-2,5H2,(H3,13,14,15). The molecule has 0 aliphatic heterocycles. The minimum Gasteiger partial charge on any atom is -0.399 e. The third kappa shape index (κ3) is 5.09. The molecule has 0 radical (unpaired) electrons. The van der Waals surface area contributed by atoms with Crippen molar-refractivity contribution in [2.24, 2.45) is 0 Å². The molecule has 3 N–H and O–H groups in total. The van der Waals surface area contributed by atoms with Crippen LogP contribution in [0, 0.1) is 0 Å². The van der Waals surface area contributed by atoms with Gasteiger partial charge in [0.25, 0.3) is 6.43 Å². The van der Waals surface area contributed by atoms with Gasteiger partial charge in [-0.3, -0.25) is 0 Å². The van der Waals surface area contributed by atoms with E-state index in [1.807, 2.05) is 0 Å². The zero-order chi connectivity index (χ0) is 12.0. The monoisotopic (exact) mass is 251 g/mol. The molecule has 1 heterocycles. The van der Waals surface area contributed by atoms with Crippen LogP contribution in [0.4, 0.5) is 20.3 Å². The van der Waals surface area contributed by atoms with E-state index in [0.29, 0.717) is 18.1 Å². The maximum atomic E-state index is 11.7. The third-order valence-electron chi connectivity index (χ3n) is 1.61. The summed E-state index contributed by atoms with van der Waals surface area (Å²) >= 11 is 5.67. The number of pyridine rings is 1. The number of nitrogens with zero attached hydrogens (tertiary/aromatic N) is 1. The van der Waals surface area contributed by atoms with E-state index in [4.69, 9.17) is 17.3 Å². The van der Waals surface area contributed by atoms with Crippen LogP contribution in [-0.2, 0) is 4.74 Å². The molecule has 0 spiro atoms. The van der Waals surface area contributed by atoms with Crippen molar-refractivity contribution in [3.63, 3.8) is 0 Å². The molecule has 0 fully saturated rings. The van der Waals surface area contributed by atoms with E-state index >= 15 is 0 Å². The van der Waals surface area contributed by atoms with Gasteiger partial charge in [-0.2, -0.15) is 0 Å². The van der Waals surface area contributed by atoms with Crippen LogP contribution in [0.25, 0.3) is 0 Å². The summed E-state index contributed by atoms with van der Waals surface area (Å²) in [5.74, 6) is 0.491. The van der Waals surface area contributed by atoms with Gasteiger partial charge in [-0.05, 0) is 6.07 Å². The van der Waals surface area contributed by atoms with Gasteiger partial charge in [0, 0.05) is 18.3 Å². The SMILES string of the molecule is Nc1cc(Cl)nc(NCCOCC(F)F)c1. The summed E-state index contributed by atoms with van der Waals surface area (Å²) in [6.45, 7) is -0.0370. The molecule has 0 amide bonds. The second kappa shape index (κ2) is 6.44. The van der Waals surface area contributed by atoms with Crippen molar-refractivity contribution in [1.29, 1.82) is 0 Å². The summed E-state index contributed by atoms with van der Waals surface area (Å²) < 4.78 is 28.1. The lowest BCUT2D eigenvalue weighted by atomic mass is 10.4. The Labute approximate surface area is 96.7 Å². The number of nitrogens with two attached hydrogens (primary N) is 1. The average Bonchev–Trinajstić information content (AvgIpc) is 2.15. The molecular formula is C9H12ClF2N3O. The normalized spacial score (nSPS) is 10.8. The zero-order valence-electron chi connectivity index (χ0n) is 8.42. The molecule has 0 atom stereocenters. The molecule has 0 aromatic carbocycles. The number of ether oxygens (including phenoxy) is 1. The predicted octanol–water partition coefficient (Wildman–Crippen LogP) is 2.01. The van der Waals surface area contributed by atoms with Crippen LogP contribution in [0.15, 0.2) is 12.1 Å². The van der Waals surface area contributed by atoms with Crippen LogP contribution in [0.5, 0.6) is 0 Å². The number of aromatic nitrogens is 1.